The van der Waals surface area contributed by atoms with E-state index in [4.69, 9.17) is 0 Å². The van der Waals surface area contributed by atoms with Gasteiger partial charge in [-0.15, -0.1) is 5.10 Å². The van der Waals surface area contributed by atoms with Gasteiger partial charge in [0.1, 0.15) is 5.52 Å². The van der Waals surface area contributed by atoms with E-state index >= 15 is 0 Å². The van der Waals surface area contributed by atoms with Crippen molar-refractivity contribution in [3.05, 3.63) is 18.2 Å². The molecule has 1 aromatic carbocycles. The zero-order valence-electron chi connectivity index (χ0n) is 12.6. The van der Waals surface area contributed by atoms with Crippen LogP contribution in [-0.2, 0) is 32.4 Å². The van der Waals surface area contributed by atoms with E-state index in [0.29, 0.717) is 12.1 Å². The number of rotatable bonds is 9. The van der Waals surface area contributed by atoms with Crippen molar-refractivity contribution in [3.63, 3.8) is 0 Å². The number of aromatic amines is 1. The molecule has 127 valence electrons. The van der Waals surface area contributed by atoms with Gasteiger partial charge in [-0.1, -0.05) is 44.2 Å². The van der Waals surface area contributed by atoms with E-state index in [1.54, 1.807) is 12.1 Å². The van der Waals surface area contributed by atoms with Crippen molar-refractivity contribution in [1.29, 1.82) is 0 Å². The molecule has 0 aliphatic carbocycles. The van der Waals surface area contributed by atoms with E-state index in [9.17, 15) is 8.42 Å². The molecule has 0 unspecified atom stereocenters. The zero-order valence-corrected chi connectivity index (χ0v) is 14.9. The van der Waals surface area contributed by atoms with Crippen LogP contribution >= 0.6 is 0 Å². The Kier molecular flexibility index (Phi) is 8.27. The second-order valence-corrected chi connectivity index (χ2v) is 6.92. The zero-order chi connectivity index (χ0) is 15.1. The molecule has 0 bridgehead atoms. The Bertz CT molecular complexity index is 672. The fraction of sp³-hybridized carbons (Fsp3) is 0.571. The summed E-state index contributed by atoms with van der Waals surface area (Å²) in [6, 6.07) is 4.77. The van der Waals surface area contributed by atoms with E-state index in [1.807, 2.05) is 0 Å². The minimum atomic E-state index is -3.46. The smallest absolute Gasteiger partial charge is 0.240 e. The van der Waals surface area contributed by atoms with Gasteiger partial charge in [0.2, 0.25) is 10.0 Å². The molecule has 1 aromatic heterocycles. The van der Waals surface area contributed by atoms with Crippen LogP contribution in [0, 0.1) is 0 Å². The average molecular weight is 418 g/mol. The van der Waals surface area contributed by atoms with Crippen molar-refractivity contribution >= 4 is 21.1 Å². The van der Waals surface area contributed by atoms with Gasteiger partial charge in [-0.3, -0.25) is 5.10 Å². The van der Waals surface area contributed by atoms with Crippen LogP contribution in [0.2, 0.25) is 0 Å². The molecular formula is C14H22AgN4O2S. The molecule has 22 heavy (non-hydrogen) atoms. The summed E-state index contributed by atoms with van der Waals surface area (Å²) in [5.41, 5.74) is 1.28. The Labute approximate surface area is 147 Å². The maximum absolute atomic E-state index is 12.2. The first-order valence-electron chi connectivity index (χ1n) is 7.44. The fourth-order valence-corrected chi connectivity index (χ4v) is 3.28. The molecule has 0 saturated carbocycles. The first-order valence-corrected chi connectivity index (χ1v) is 8.92. The maximum atomic E-state index is 12.2. The molecule has 8 heteroatoms. The summed E-state index contributed by atoms with van der Waals surface area (Å²) in [6.45, 7) is 2.66. The minimum absolute atomic E-state index is 0. The van der Waals surface area contributed by atoms with E-state index in [-0.39, 0.29) is 27.3 Å². The number of sulfonamides is 1. The van der Waals surface area contributed by atoms with Crippen molar-refractivity contribution in [3.8, 4) is 0 Å². The first-order chi connectivity index (χ1) is 10.1. The number of benzene rings is 1. The second kappa shape index (κ2) is 9.42. The van der Waals surface area contributed by atoms with E-state index in [1.165, 1.54) is 31.7 Å². The molecule has 2 rings (SSSR count). The van der Waals surface area contributed by atoms with Crippen LogP contribution in [0.3, 0.4) is 0 Å². The van der Waals surface area contributed by atoms with Crippen LogP contribution in [0.4, 0.5) is 0 Å². The third-order valence-electron chi connectivity index (χ3n) is 3.43. The molecule has 0 fully saturated rings. The van der Waals surface area contributed by atoms with Crippen molar-refractivity contribution in [2.75, 3.05) is 6.54 Å². The summed E-state index contributed by atoms with van der Waals surface area (Å²) < 4.78 is 27.0. The Balaban J connectivity index is 0.00000242. The van der Waals surface area contributed by atoms with Crippen molar-refractivity contribution in [2.45, 2.75) is 50.3 Å². The third kappa shape index (κ3) is 5.48. The third-order valence-corrected chi connectivity index (χ3v) is 4.89. The molecule has 1 heterocycles. The SMILES string of the molecule is CCCCCCCCNS(=O)(=O)c1ccc2[nH]nnc2c1.[Ag]. The molecule has 0 saturated heterocycles. The number of hydrogen-bond acceptors (Lipinski definition) is 4. The van der Waals surface area contributed by atoms with Gasteiger partial charge in [0.25, 0.3) is 0 Å². The molecule has 6 nitrogen and oxygen atoms in total. The van der Waals surface area contributed by atoms with Gasteiger partial charge >= 0.3 is 0 Å². The van der Waals surface area contributed by atoms with Gasteiger partial charge in [-0.2, -0.15) is 0 Å². The molecule has 2 aromatic rings. The quantitative estimate of drug-likeness (QED) is 0.484. The van der Waals surface area contributed by atoms with Gasteiger partial charge in [-0.25, -0.2) is 13.1 Å². The number of hydrogen-bond donors (Lipinski definition) is 2. The van der Waals surface area contributed by atoms with Crippen molar-refractivity contribution in [2.24, 2.45) is 0 Å². The number of nitrogens with one attached hydrogen (secondary N) is 2. The molecule has 1 radical (unpaired) electrons. The van der Waals surface area contributed by atoms with E-state index < -0.39 is 10.0 Å². The van der Waals surface area contributed by atoms with Crippen LogP contribution in [0.25, 0.3) is 11.0 Å². The summed E-state index contributed by atoms with van der Waals surface area (Å²) in [4.78, 5) is 0.231. The Morgan fingerprint density at radius 1 is 1.14 bits per heavy atom. The summed E-state index contributed by atoms with van der Waals surface area (Å²) in [7, 11) is -3.46. The average Bonchev–Trinajstić information content (AvgIpc) is 2.93. The van der Waals surface area contributed by atoms with Crippen molar-refractivity contribution in [1.82, 2.24) is 20.1 Å². The largest absolute Gasteiger partial charge is 0.258 e. The van der Waals surface area contributed by atoms with Crippen LogP contribution in [0.5, 0.6) is 0 Å². The minimum Gasteiger partial charge on any atom is -0.258 e. The van der Waals surface area contributed by atoms with Crippen LogP contribution < -0.4 is 4.72 Å². The molecule has 0 aliphatic heterocycles. The fourth-order valence-electron chi connectivity index (χ4n) is 2.18. The predicted octanol–water partition coefficient (Wildman–Crippen LogP) is 2.59. The molecule has 0 aliphatic rings. The van der Waals surface area contributed by atoms with E-state index in [2.05, 4.69) is 27.1 Å². The first kappa shape index (κ1) is 19.3. The second-order valence-electron chi connectivity index (χ2n) is 5.16. The predicted molar refractivity (Wildman–Crippen MR) is 82.5 cm³/mol. The van der Waals surface area contributed by atoms with Gasteiger partial charge < -0.3 is 0 Å². The Morgan fingerprint density at radius 2 is 1.86 bits per heavy atom. The normalized spacial score (nSPS) is 11.5. The van der Waals surface area contributed by atoms with Gasteiger partial charge in [-0.05, 0) is 24.6 Å². The molecule has 0 atom stereocenters. The monoisotopic (exact) mass is 417 g/mol. The van der Waals surface area contributed by atoms with Gasteiger partial charge in [0.05, 0.1) is 10.4 Å². The molecule has 0 spiro atoms. The van der Waals surface area contributed by atoms with Crippen LogP contribution in [-0.4, -0.2) is 30.4 Å². The summed E-state index contributed by atoms with van der Waals surface area (Å²) >= 11 is 0. The summed E-state index contributed by atoms with van der Waals surface area (Å²) in [5.74, 6) is 0. The summed E-state index contributed by atoms with van der Waals surface area (Å²) in [5, 5.41) is 10.2. The van der Waals surface area contributed by atoms with Gasteiger partial charge in [0.15, 0.2) is 0 Å². The maximum Gasteiger partial charge on any atom is 0.240 e. The topological polar surface area (TPSA) is 87.7 Å². The standard InChI is InChI=1S/C14H22N4O2S.Ag/c1-2-3-4-5-6-7-10-15-21(19,20)12-8-9-13-14(11-12)17-18-16-13;/h8-9,11,15H,2-7,10H2,1H3,(H,16,17,18);. The summed E-state index contributed by atoms with van der Waals surface area (Å²) in [6.07, 6.45) is 6.80. The van der Waals surface area contributed by atoms with Crippen LogP contribution in [0.15, 0.2) is 23.1 Å². The molecule has 0 amide bonds. The Morgan fingerprint density at radius 3 is 2.64 bits per heavy atom. The molecule has 2 N–H and O–H groups in total. The number of nitrogens with zero attached hydrogens (tertiary/aromatic N) is 2. The number of H-pyrrole nitrogens is 1. The Hall–Kier alpha value is -0.730. The van der Waals surface area contributed by atoms with E-state index in [0.717, 1.165) is 18.4 Å². The van der Waals surface area contributed by atoms with Gasteiger partial charge in [0, 0.05) is 28.9 Å². The molecular weight excluding hydrogens is 396 g/mol. The number of aromatic nitrogens is 3. The van der Waals surface area contributed by atoms with Crippen molar-refractivity contribution < 1.29 is 30.8 Å². The number of unbranched alkanes of at least 4 members (excludes halogenated alkanes) is 5. The number of fused-ring (bicyclic) bond motifs is 1. The van der Waals surface area contributed by atoms with Crippen LogP contribution in [0.1, 0.15) is 45.4 Å².